The first-order valence-electron chi connectivity index (χ1n) is 6.63. The van der Waals surface area contributed by atoms with Crippen molar-refractivity contribution in [1.82, 2.24) is 10.2 Å². The number of carbonyl (C=O) groups is 2. The van der Waals surface area contributed by atoms with E-state index in [4.69, 9.17) is 5.11 Å². The van der Waals surface area contributed by atoms with Crippen LogP contribution >= 0.6 is 0 Å². The molecule has 0 saturated carbocycles. The van der Waals surface area contributed by atoms with E-state index in [1.54, 1.807) is 11.9 Å². The second kappa shape index (κ2) is 6.26. The molecule has 1 atom stereocenters. The molecule has 0 spiro atoms. The van der Waals surface area contributed by atoms with Gasteiger partial charge in [0.15, 0.2) is 0 Å². The Morgan fingerprint density at radius 3 is 2.05 bits per heavy atom. The lowest BCUT2D eigenvalue weighted by Crippen LogP contribution is -2.53. The van der Waals surface area contributed by atoms with Gasteiger partial charge in [-0.2, -0.15) is 0 Å². The van der Waals surface area contributed by atoms with Crippen molar-refractivity contribution in [2.75, 3.05) is 7.05 Å². The average Bonchev–Trinajstić information content (AvgIpc) is 2.22. The standard InChI is InChI=1S/C14H28N2O3/c1-10(13(2,3)4)16(7)12(19)15-14(5,6)9-8-11(17)18/h10H,8-9H2,1-7H3,(H,15,19)(H,17,18). The molecule has 19 heavy (non-hydrogen) atoms. The van der Waals surface area contributed by atoms with E-state index in [-0.39, 0.29) is 23.9 Å². The number of aliphatic carboxylic acids is 1. The van der Waals surface area contributed by atoms with Gasteiger partial charge in [0.05, 0.1) is 0 Å². The average molecular weight is 272 g/mol. The van der Waals surface area contributed by atoms with Gasteiger partial charge in [-0.3, -0.25) is 4.79 Å². The molecule has 2 N–H and O–H groups in total. The maximum atomic E-state index is 12.2. The number of hydrogen-bond donors (Lipinski definition) is 2. The number of hydrogen-bond acceptors (Lipinski definition) is 2. The number of nitrogens with zero attached hydrogens (tertiary/aromatic N) is 1. The Morgan fingerprint density at radius 2 is 1.68 bits per heavy atom. The topological polar surface area (TPSA) is 69.6 Å². The lowest BCUT2D eigenvalue weighted by molar-refractivity contribution is -0.137. The van der Waals surface area contributed by atoms with Gasteiger partial charge in [0.2, 0.25) is 0 Å². The van der Waals surface area contributed by atoms with Gasteiger partial charge in [0.1, 0.15) is 0 Å². The lowest BCUT2D eigenvalue weighted by atomic mass is 9.87. The molecule has 0 aliphatic carbocycles. The van der Waals surface area contributed by atoms with Crippen LogP contribution in [0, 0.1) is 5.41 Å². The van der Waals surface area contributed by atoms with Gasteiger partial charge in [0.25, 0.3) is 0 Å². The Labute approximate surface area is 116 Å². The zero-order valence-corrected chi connectivity index (χ0v) is 13.2. The SMILES string of the molecule is CC(N(C)C(=O)NC(C)(C)CCC(=O)O)C(C)(C)C. The van der Waals surface area contributed by atoms with Crippen molar-refractivity contribution >= 4 is 12.0 Å². The van der Waals surface area contributed by atoms with Gasteiger partial charge in [-0.25, -0.2) is 4.79 Å². The molecule has 0 aromatic heterocycles. The van der Waals surface area contributed by atoms with Crippen molar-refractivity contribution in [2.24, 2.45) is 5.41 Å². The van der Waals surface area contributed by atoms with Crippen LogP contribution < -0.4 is 5.32 Å². The van der Waals surface area contributed by atoms with E-state index >= 15 is 0 Å². The highest BCUT2D eigenvalue weighted by molar-refractivity contribution is 5.75. The van der Waals surface area contributed by atoms with Gasteiger partial charge in [0, 0.05) is 25.0 Å². The molecule has 0 radical (unpaired) electrons. The molecule has 5 heteroatoms. The molecule has 112 valence electrons. The number of rotatable bonds is 5. The van der Waals surface area contributed by atoms with Crippen molar-refractivity contribution in [2.45, 2.75) is 66.0 Å². The maximum Gasteiger partial charge on any atom is 0.317 e. The van der Waals surface area contributed by atoms with Crippen LogP contribution in [0.25, 0.3) is 0 Å². The minimum atomic E-state index is -0.848. The fourth-order valence-corrected chi connectivity index (χ4v) is 1.62. The molecule has 0 fully saturated rings. The van der Waals surface area contributed by atoms with Crippen LogP contribution in [0.5, 0.6) is 0 Å². The van der Waals surface area contributed by atoms with Crippen LogP contribution in [0.3, 0.4) is 0 Å². The molecule has 0 rings (SSSR count). The molecule has 0 bridgehead atoms. The molecule has 1 unspecified atom stereocenters. The summed E-state index contributed by atoms with van der Waals surface area (Å²) in [6.45, 7) is 11.9. The number of urea groups is 1. The molecule has 0 aromatic rings. The van der Waals surface area contributed by atoms with Crippen molar-refractivity contribution in [1.29, 1.82) is 0 Å². The molecular weight excluding hydrogens is 244 g/mol. The van der Waals surface area contributed by atoms with Crippen LogP contribution in [0.1, 0.15) is 54.4 Å². The summed E-state index contributed by atoms with van der Waals surface area (Å²) >= 11 is 0. The molecule has 5 nitrogen and oxygen atoms in total. The van der Waals surface area contributed by atoms with Gasteiger partial charge in [-0.15, -0.1) is 0 Å². The van der Waals surface area contributed by atoms with Crippen LogP contribution in [0.4, 0.5) is 4.79 Å². The minimum absolute atomic E-state index is 0.00268. The second-order valence-corrected chi connectivity index (χ2v) is 6.86. The predicted molar refractivity (Wildman–Crippen MR) is 76.2 cm³/mol. The number of carboxylic acids is 1. The van der Waals surface area contributed by atoms with E-state index in [1.165, 1.54) is 0 Å². The first-order valence-corrected chi connectivity index (χ1v) is 6.63. The molecule has 0 aliphatic rings. The lowest BCUT2D eigenvalue weighted by Gasteiger charge is -2.37. The van der Waals surface area contributed by atoms with Crippen LogP contribution in [-0.2, 0) is 4.79 Å². The molecule has 0 aliphatic heterocycles. The number of carboxylic acid groups (broad SMARTS) is 1. The number of amides is 2. The molecule has 0 heterocycles. The second-order valence-electron chi connectivity index (χ2n) is 6.86. The minimum Gasteiger partial charge on any atom is -0.481 e. The number of carbonyl (C=O) groups excluding carboxylic acids is 1. The van der Waals surface area contributed by atoms with Crippen LogP contribution in [-0.4, -0.2) is 40.6 Å². The maximum absolute atomic E-state index is 12.2. The van der Waals surface area contributed by atoms with Crippen molar-refractivity contribution < 1.29 is 14.7 Å². The summed E-state index contributed by atoms with van der Waals surface area (Å²) in [5, 5.41) is 11.6. The van der Waals surface area contributed by atoms with Gasteiger partial charge in [-0.1, -0.05) is 20.8 Å². The highest BCUT2D eigenvalue weighted by atomic mass is 16.4. The third kappa shape index (κ3) is 6.45. The summed E-state index contributed by atoms with van der Waals surface area (Å²) in [5.74, 6) is -0.848. The zero-order valence-electron chi connectivity index (χ0n) is 13.2. The van der Waals surface area contributed by atoms with Crippen molar-refractivity contribution in [3.8, 4) is 0 Å². The van der Waals surface area contributed by atoms with E-state index in [2.05, 4.69) is 26.1 Å². The fourth-order valence-electron chi connectivity index (χ4n) is 1.62. The molecule has 0 saturated heterocycles. The van der Waals surface area contributed by atoms with Gasteiger partial charge < -0.3 is 15.3 Å². The highest BCUT2D eigenvalue weighted by Gasteiger charge is 2.30. The van der Waals surface area contributed by atoms with E-state index < -0.39 is 11.5 Å². The first kappa shape index (κ1) is 17.7. The quantitative estimate of drug-likeness (QED) is 0.808. The molecule has 2 amide bonds. The summed E-state index contributed by atoms with van der Waals surface area (Å²) in [6, 6.07) is -0.0828. The Balaban J connectivity index is 4.55. The molecular formula is C14H28N2O3. The third-order valence-electron chi connectivity index (χ3n) is 3.56. The summed E-state index contributed by atoms with van der Waals surface area (Å²) in [6.07, 6.45) is 0.456. The first-order chi connectivity index (χ1) is 8.37. The Kier molecular flexibility index (Phi) is 5.84. The van der Waals surface area contributed by atoms with Crippen LogP contribution in [0.15, 0.2) is 0 Å². The van der Waals surface area contributed by atoms with E-state index in [0.717, 1.165) is 0 Å². The number of nitrogens with one attached hydrogen (secondary N) is 1. The van der Waals surface area contributed by atoms with E-state index in [0.29, 0.717) is 6.42 Å². The molecule has 0 aromatic carbocycles. The van der Waals surface area contributed by atoms with Crippen LogP contribution in [0.2, 0.25) is 0 Å². The largest absolute Gasteiger partial charge is 0.481 e. The summed E-state index contributed by atoms with van der Waals surface area (Å²) < 4.78 is 0. The zero-order chi connectivity index (χ0) is 15.4. The third-order valence-corrected chi connectivity index (χ3v) is 3.56. The van der Waals surface area contributed by atoms with E-state index in [9.17, 15) is 9.59 Å². The van der Waals surface area contributed by atoms with Gasteiger partial charge >= 0.3 is 12.0 Å². The van der Waals surface area contributed by atoms with Crippen molar-refractivity contribution in [3.63, 3.8) is 0 Å². The monoisotopic (exact) mass is 272 g/mol. The summed E-state index contributed by atoms with van der Waals surface area (Å²) in [4.78, 5) is 24.4. The highest BCUT2D eigenvalue weighted by Crippen LogP contribution is 2.23. The Hall–Kier alpha value is -1.26. The smallest absolute Gasteiger partial charge is 0.317 e. The Bertz CT molecular complexity index is 332. The normalized spacial score (nSPS) is 13.8. The van der Waals surface area contributed by atoms with Gasteiger partial charge in [-0.05, 0) is 32.6 Å². The summed E-state index contributed by atoms with van der Waals surface area (Å²) in [5.41, 5.74) is -0.529. The Morgan fingerprint density at radius 1 is 1.21 bits per heavy atom. The summed E-state index contributed by atoms with van der Waals surface area (Å²) in [7, 11) is 1.76. The van der Waals surface area contributed by atoms with Crippen molar-refractivity contribution in [3.05, 3.63) is 0 Å². The van der Waals surface area contributed by atoms with E-state index in [1.807, 2.05) is 20.8 Å². The predicted octanol–water partition coefficient (Wildman–Crippen LogP) is 2.71. The fraction of sp³-hybridized carbons (Fsp3) is 0.857.